The third kappa shape index (κ3) is 4.40. The van der Waals surface area contributed by atoms with E-state index in [1.54, 1.807) is 0 Å². The highest BCUT2D eigenvalue weighted by atomic mass is 35.5. The van der Waals surface area contributed by atoms with Crippen molar-refractivity contribution >= 4 is 23.0 Å². The van der Waals surface area contributed by atoms with Crippen molar-refractivity contribution in [2.45, 2.75) is 12.8 Å². The van der Waals surface area contributed by atoms with Gasteiger partial charge in [-0.1, -0.05) is 35.9 Å². The Morgan fingerprint density at radius 3 is 2.39 bits per heavy atom. The molecular formula is C19H24ClN3. The first-order chi connectivity index (χ1) is 11.2. The van der Waals surface area contributed by atoms with Crippen LogP contribution < -0.4 is 10.6 Å². The van der Waals surface area contributed by atoms with Gasteiger partial charge in [-0.25, -0.2) is 0 Å². The second kappa shape index (κ2) is 7.71. The van der Waals surface area contributed by atoms with E-state index in [-0.39, 0.29) is 0 Å². The monoisotopic (exact) mass is 329 g/mol. The largest absolute Gasteiger partial charge is 0.398 e. The Labute approximate surface area is 143 Å². The number of nitrogen functional groups attached to an aromatic ring is 1. The zero-order valence-electron chi connectivity index (χ0n) is 13.4. The summed E-state index contributed by atoms with van der Waals surface area (Å²) < 4.78 is 0. The summed E-state index contributed by atoms with van der Waals surface area (Å²) in [6.45, 7) is 5.64. The molecule has 0 amide bonds. The van der Waals surface area contributed by atoms with Crippen LogP contribution in [-0.4, -0.2) is 37.6 Å². The zero-order chi connectivity index (χ0) is 16.1. The van der Waals surface area contributed by atoms with Crippen LogP contribution in [0.1, 0.15) is 12.0 Å². The zero-order valence-corrected chi connectivity index (χ0v) is 14.2. The van der Waals surface area contributed by atoms with E-state index in [0.29, 0.717) is 10.7 Å². The van der Waals surface area contributed by atoms with Crippen molar-refractivity contribution in [2.75, 3.05) is 43.4 Å². The number of benzene rings is 2. The van der Waals surface area contributed by atoms with E-state index < -0.39 is 0 Å². The van der Waals surface area contributed by atoms with Crippen LogP contribution in [0.5, 0.6) is 0 Å². The Hall–Kier alpha value is -1.71. The number of anilines is 2. The van der Waals surface area contributed by atoms with Crippen LogP contribution in [0.4, 0.5) is 11.4 Å². The first-order valence-corrected chi connectivity index (χ1v) is 8.66. The van der Waals surface area contributed by atoms with Gasteiger partial charge in [0, 0.05) is 31.9 Å². The Morgan fingerprint density at radius 2 is 1.70 bits per heavy atom. The standard InChI is InChI=1S/C19H24ClN3/c20-18-9-8-16(15-19(18)21)5-4-10-22-11-13-23(14-12-22)17-6-2-1-3-7-17/h1-3,6-9,15H,4-5,10-14,21H2. The number of piperazine rings is 1. The molecular weight excluding hydrogens is 306 g/mol. The lowest BCUT2D eigenvalue weighted by molar-refractivity contribution is 0.255. The van der Waals surface area contributed by atoms with Gasteiger partial charge < -0.3 is 10.6 Å². The summed E-state index contributed by atoms with van der Waals surface area (Å²) in [7, 11) is 0. The Kier molecular flexibility index (Phi) is 5.42. The Balaban J connectivity index is 1.41. The predicted molar refractivity (Wildman–Crippen MR) is 99.3 cm³/mol. The normalized spacial score (nSPS) is 15.8. The van der Waals surface area contributed by atoms with E-state index in [1.807, 2.05) is 12.1 Å². The minimum atomic E-state index is 0.644. The summed E-state index contributed by atoms with van der Waals surface area (Å²) in [4.78, 5) is 5.02. The van der Waals surface area contributed by atoms with Gasteiger partial charge in [0.1, 0.15) is 0 Å². The number of nitrogens with two attached hydrogens (primary N) is 1. The van der Waals surface area contributed by atoms with Gasteiger partial charge in [-0.15, -0.1) is 0 Å². The lowest BCUT2D eigenvalue weighted by Gasteiger charge is -2.36. The van der Waals surface area contributed by atoms with Crippen LogP contribution in [0.15, 0.2) is 48.5 Å². The maximum atomic E-state index is 5.96. The summed E-state index contributed by atoms with van der Waals surface area (Å²) in [5.74, 6) is 0. The first kappa shape index (κ1) is 16.2. The van der Waals surface area contributed by atoms with Crippen LogP contribution >= 0.6 is 11.6 Å². The number of aryl methyl sites for hydroxylation is 1. The highest BCUT2D eigenvalue weighted by Crippen LogP contribution is 2.20. The molecule has 0 radical (unpaired) electrons. The summed E-state index contributed by atoms with van der Waals surface area (Å²) in [6.07, 6.45) is 2.21. The van der Waals surface area contributed by atoms with E-state index in [0.717, 1.165) is 45.6 Å². The lowest BCUT2D eigenvalue weighted by atomic mass is 10.1. The van der Waals surface area contributed by atoms with Crippen molar-refractivity contribution in [1.29, 1.82) is 0 Å². The average molecular weight is 330 g/mol. The smallest absolute Gasteiger partial charge is 0.0635 e. The molecule has 0 spiro atoms. The van der Waals surface area contributed by atoms with E-state index in [9.17, 15) is 0 Å². The molecule has 2 N–H and O–H groups in total. The summed E-state index contributed by atoms with van der Waals surface area (Å²) in [6, 6.07) is 16.6. The molecule has 1 saturated heterocycles. The number of hydrogen-bond acceptors (Lipinski definition) is 3. The van der Waals surface area contributed by atoms with Crippen molar-refractivity contribution in [3.63, 3.8) is 0 Å². The molecule has 3 rings (SSSR count). The number of para-hydroxylation sites is 1. The van der Waals surface area contributed by atoms with Gasteiger partial charge in [-0.3, -0.25) is 4.90 Å². The molecule has 122 valence electrons. The fourth-order valence-electron chi connectivity index (χ4n) is 3.12. The molecule has 0 unspecified atom stereocenters. The number of hydrogen-bond donors (Lipinski definition) is 1. The Morgan fingerprint density at radius 1 is 0.957 bits per heavy atom. The number of rotatable bonds is 5. The second-order valence-corrected chi connectivity index (χ2v) is 6.53. The van der Waals surface area contributed by atoms with Gasteiger partial charge in [0.2, 0.25) is 0 Å². The van der Waals surface area contributed by atoms with Gasteiger partial charge in [0.15, 0.2) is 0 Å². The molecule has 0 saturated carbocycles. The first-order valence-electron chi connectivity index (χ1n) is 8.28. The molecule has 4 heteroatoms. The minimum absolute atomic E-state index is 0.644. The molecule has 0 aliphatic carbocycles. The fraction of sp³-hybridized carbons (Fsp3) is 0.368. The van der Waals surface area contributed by atoms with E-state index >= 15 is 0 Å². The van der Waals surface area contributed by atoms with Crippen LogP contribution in [-0.2, 0) is 6.42 Å². The topological polar surface area (TPSA) is 32.5 Å². The summed E-state index contributed by atoms with van der Waals surface area (Å²) >= 11 is 5.96. The van der Waals surface area contributed by atoms with E-state index in [2.05, 4.69) is 46.2 Å². The van der Waals surface area contributed by atoms with Crippen LogP contribution in [0.3, 0.4) is 0 Å². The molecule has 1 aliphatic heterocycles. The molecule has 3 nitrogen and oxygen atoms in total. The maximum Gasteiger partial charge on any atom is 0.0635 e. The van der Waals surface area contributed by atoms with Gasteiger partial charge in [-0.2, -0.15) is 0 Å². The SMILES string of the molecule is Nc1cc(CCCN2CCN(c3ccccc3)CC2)ccc1Cl. The lowest BCUT2D eigenvalue weighted by Crippen LogP contribution is -2.46. The maximum absolute atomic E-state index is 5.96. The van der Waals surface area contributed by atoms with Crippen LogP contribution in [0.25, 0.3) is 0 Å². The molecule has 1 fully saturated rings. The van der Waals surface area contributed by atoms with Gasteiger partial charge >= 0.3 is 0 Å². The molecule has 23 heavy (non-hydrogen) atoms. The summed E-state index contributed by atoms with van der Waals surface area (Å²) in [5, 5.41) is 0.644. The number of nitrogens with zero attached hydrogens (tertiary/aromatic N) is 2. The summed E-state index contributed by atoms with van der Waals surface area (Å²) in [5.41, 5.74) is 9.15. The Bertz CT molecular complexity index is 622. The molecule has 0 atom stereocenters. The van der Waals surface area contributed by atoms with Crippen LogP contribution in [0, 0.1) is 0 Å². The molecule has 2 aromatic carbocycles. The van der Waals surface area contributed by atoms with Crippen LogP contribution in [0.2, 0.25) is 5.02 Å². The second-order valence-electron chi connectivity index (χ2n) is 6.12. The molecule has 1 aliphatic rings. The third-order valence-corrected chi connectivity index (χ3v) is 4.84. The molecule has 1 heterocycles. The molecule has 0 aromatic heterocycles. The van der Waals surface area contributed by atoms with Crippen molar-refractivity contribution in [3.05, 3.63) is 59.1 Å². The van der Waals surface area contributed by atoms with Crippen molar-refractivity contribution in [3.8, 4) is 0 Å². The highest BCUT2D eigenvalue weighted by Gasteiger charge is 2.16. The van der Waals surface area contributed by atoms with Gasteiger partial charge in [0.05, 0.1) is 10.7 Å². The van der Waals surface area contributed by atoms with Gasteiger partial charge in [0.25, 0.3) is 0 Å². The molecule has 0 bridgehead atoms. The van der Waals surface area contributed by atoms with Gasteiger partial charge in [-0.05, 0) is 49.2 Å². The highest BCUT2D eigenvalue weighted by molar-refractivity contribution is 6.33. The minimum Gasteiger partial charge on any atom is -0.398 e. The van der Waals surface area contributed by atoms with E-state index in [4.69, 9.17) is 17.3 Å². The van der Waals surface area contributed by atoms with Crippen molar-refractivity contribution < 1.29 is 0 Å². The van der Waals surface area contributed by atoms with E-state index in [1.165, 1.54) is 11.3 Å². The van der Waals surface area contributed by atoms with Crippen molar-refractivity contribution in [1.82, 2.24) is 4.90 Å². The third-order valence-electron chi connectivity index (χ3n) is 4.49. The number of halogens is 1. The molecule has 2 aromatic rings. The van der Waals surface area contributed by atoms with Crippen molar-refractivity contribution in [2.24, 2.45) is 0 Å². The fourth-order valence-corrected chi connectivity index (χ4v) is 3.24. The predicted octanol–water partition coefficient (Wildman–Crippen LogP) is 3.68. The average Bonchev–Trinajstić information content (AvgIpc) is 2.59. The quantitative estimate of drug-likeness (QED) is 0.849.